The van der Waals surface area contributed by atoms with Gasteiger partial charge in [-0.1, -0.05) is 77.2 Å². The number of nitrogens with zero attached hydrogens (tertiary/aromatic N) is 1. The first-order valence-corrected chi connectivity index (χ1v) is 8.19. The molecule has 0 spiro atoms. The van der Waals surface area contributed by atoms with Crippen molar-refractivity contribution in [3.8, 4) is 0 Å². The quantitative estimate of drug-likeness (QED) is 0.339. The summed E-state index contributed by atoms with van der Waals surface area (Å²) in [7, 11) is 0. The predicted molar refractivity (Wildman–Crippen MR) is 97.1 cm³/mol. The Hall–Kier alpha value is -1.50. The number of rotatable bonds is 10. The molecule has 118 valence electrons. The first kappa shape index (κ1) is 19.5. The van der Waals surface area contributed by atoms with Crippen LogP contribution in [-0.2, 0) is 0 Å². The summed E-state index contributed by atoms with van der Waals surface area (Å²) in [6.45, 7) is 15.7. The third-order valence-electron chi connectivity index (χ3n) is 3.08. The summed E-state index contributed by atoms with van der Waals surface area (Å²) in [5.74, 6) is 0.561. The van der Waals surface area contributed by atoms with Crippen molar-refractivity contribution in [1.29, 1.82) is 0 Å². The lowest BCUT2D eigenvalue weighted by Crippen LogP contribution is -2.22. The van der Waals surface area contributed by atoms with Gasteiger partial charge in [0.1, 0.15) is 0 Å². The van der Waals surface area contributed by atoms with Gasteiger partial charge < -0.3 is 4.90 Å². The van der Waals surface area contributed by atoms with E-state index in [-0.39, 0.29) is 0 Å². The van der Waals surface area contributed by atoms with Crippen molar-refractivity contribution < 1.29 is 0 Å². The summed E-state index contributed by atoms with van der Waals surface area (Å²) in [5, 5.41) is 0. The average Bonchev–Trinajstić information content (AvgIpc) is 2.45. The van der Waals surface area contributed by atoms with Crippen LogP contribution in [0.2, 0.25) is 0 Å². The molecular weight excluding hydrogens is 254 g/mol. The number of hydrogen-bond donors (Lipinski definition) is 0. The van der Waals surface area contributed by atoms with E-state index in [1.165, 1.54) is 11.4 Å². The van der Waals surface area contributed by atoms with E-state index in [0.29, 0.717) is 5.92 Å². The Bertz CT molecular complexity index is 394. The van der Waals surface area contributed by atoms with Gasteiger partial charge in [0.15, 0.2) is 0 Å². The van der Waals surface area contributed by atoms with E-state index in [0.717, 1.165) is 25.8 Å². The van der Waals surface area contributed by atoms with Gasteiger partial charge in [-0.2, -0.15) is 0 Å². The summed E-state index contributed by atoms with van der Waals surface area (Å²) in [6, 6.07) is 0. The van der Waals surface area contributed by atoms with Crippen LogP contribution in [0.1, 0.15) is 53.9 Å². The van der Waals surface area contributed by atoms with E-state index in [1.54, 1.807) is 0 Å². The average molecular weight is 287 g/mol. The first-order valence-electron chi connectivity index (χ1n) is 8.19. The van der Waals surface area contributed by atoms with E-state index in [1.807, 2.05) is 12.2 Å². The van der Waals surface area contributed by atoms with Crippen molar-refractivity contribution in [2.75, 3.05) is 6.54 Å². The van der Waals surface area contributed by atoms with Gasteiger partial charge in [-0.25, -0.2) is 0 Å². The highest BCUT2D eigenvalue weighted by Crippen LogP contribution is 2.21. The first-order chi connectivity index (χ1) is 10.1. The Labute approximate surface area is 132 Å². The SMILES string of the molecule is C=C/C=C\C(=C/C)N(C/C=C\CC)/C(=C/C(C)C)CCC. The third-order valence-corrected chi connectivity index (χ3v) is 3.08. The van der Waals surface area contributed by atoms with Gasteiger partial charge in [0.05, 0.1) is 0 Å². The second-order valence-electron chi connectivity index (χ2n) is 5.45. The van der Waals surface area contributed by atoms with Gasteiger partial charge in [0.25, 0.3) is 0 Å². The molecule has 1 heteroatoms. The summed E-state index contributed by atoms with van der Waals surface area (Å²) in [4.78, 5) is 2.41. The Morgan fingerprint density at radius 3 is 2.38 bits per heavy atom. The van der Waals surface area contributed by atoms with Crippen LogP contribution in [0.3, 0.4) is 0 Å². The van der Waals surface area contributed by atoms with Crippen LogP contribution in [0.25, 0.3) is 0 Å². The van der Waals surface area contributed by atoms with Crippen molar-refractivity contribution >= 4 is 0 Å². The topological polar surface area (TPSA) is 3.24 Å². The van der Waals surface area contributed by atoms with E-state index >= 15 is 0 Å². The smallest absolute Gasteiger partial charge is 0.0408 e. The molecular formula is C20H33N. The molecule has 0 saturated heterocycles. The minimum atomic E-state index is 0.561. The molecule has 0 aromatic rings. The zero-order valence-corrected chi connectivity index (χ0v) is 14.6. The van der Waals surface area contributed by atoms with Crippen LogP contribution in [0.4, 0.5) is 0 Å². The molecule has 0 unspecified atom stereocenters. The van der Waals surface area contributed by atoms with Crippen LogP contribution in [-0.4, -0.2) is 11.4 Å². The molecule has 0 amide bonds. The highest BCUT2D eigenvalue weighted by atomic mass is 15.1. The Morgan fingerprint density at radius 2 is 1.90 bits per heavy atom. The van der Waals surface area contributed by atoms with Gasteiger partial charge in [-0.3, -0.25) is 0 Å². The second kappa shape index (κ2) is 12.3. The number of allylic oxidation sites excluding steroid dienone is 7. The lowest BCUT2D eigenvalue weighted by molar-refractivity contribution is 0.455. The molecule has 0 radical (unpaired) electrons. The largest absolute Gasteiger partial charge is 0.342 e. The molecule has 1 nitrogen and oxygen atoms in total. The molecule has 0 atom stereocenters. The molecule has 21 heavy (non-hydrogen) atoms. The van der Waals surface area contributed by atoms with E-state index in [4.69, 9.17) is 0 Å². The molecule has 0 fully saturated rings. The monoisotopic (exact) mass is 287 g/mol. The van der Waals surface area contributed by atoms with Crippen LogP contribution >= 0.6 is 0 Å². The van der Waals surface area contributed by atoms with Crippen LogP contribution in [0.5, 0.6) is 0 Å². The number of hydrogen-bond acceptors (Lipinski definition) is 1. The lowest BCUT2D eigenvalue weighted by Gasteiger charge is -2.28. The normalized spacial score (nSPS) is 13.6. The van der Waals surface area contributed by atoms with Crippen molar-refractivity contribution in [2.24, 2.45) is 5.92 Å². The van der Waals surface area contributed by atoms with Gasteiger partial charge in [-0.15, -0.1) is 0 Å². The lowest BCUT2D eigenvalue weighted by atomic mass is 10.1. The predicted octanol–water partition coefficient (Wildman–Crippen LogP) is 6.24. The molecule has 0 aliphatic rings. The molecule has 0 saturated carbocycles. The third kappa shape index (κ3) is 8.39. The fourth-order valence-electron chi connectivity index (χ4n) is 2.19. The zero-order valence-electron chi connectivity index (χ0n) is 14.6. The van der Waals surface area contributed by atoms with Crippen LogP contribution in [0, 0.1) is 5.92 Å². The van der Waals surface area contributed by atoms with E-state index < -0.39 is 0 Å². The fraction of sp³-hybridized carbons (Fsp3) is 0.500. The standard InChI is InChI=1S/C20H33N/c1-7-11-13-16-21(19(10-4)15-12-8-2)20(14-9-3)17-18(5)6/h8,10-13,15,17-18H,2,7,9,14,16H2,1,3-6H3/b13-11-,15-12-,19-10+,20-17+. The van der Waals surface area contributed by atoms with Gasteiger partial charge >= 0.3 is 0 Å². The Balaban J connectivity index is 5.47. The highest BCUT2D eigenvalue weighted by molar-refractivity contribution is 5.26. The molecule has 0 aliphatic heterocycles. The summed E-state index contributed by atoms with van der Waals surface area (Å²) in [5.41, 5.74) is 2.64. The molecule has 0 aromatic heterocycles. The van der Waals surface area contributed by atoms with Crippen LogP contribution in [0.15, 0.2) is 60.5 Å². The highest BCUT2D eigenvalue weighted by Gasteiger charge is 2.11. The minimum absolute atomic E-state index is 0.561. The summed E-state index contributed by atoms with van der Waals surface area (Å²) >= 11 is 0. The molecule has 0 N–H and O–H groups in total. The van der Waals surface area contributed by atoms with Gasteiger partial charge in [-0.05, 0) is 31.8 Å². The maximum atomic E-state index is 3.77. The van der Waals surface area contributed by atoms with Crippen molar-refractivity contribution in [2.45, 2.75) is 53.9 Å². The second-order valence-corrected chi connectivity index (χ2v) is 5.45. The zero-order chi connectivity index (χ0) is 16.1. The molecule has 0 aromatic carbocycles. The molecule has 0 bridgehead atoms. The summed E-state index contributed by atoms with van der Waals surface area (Å²) < 4.78 is 0. The molecule has 0 heterocycles. The van der Waals surface area contributed by atoms with Crippen molar-refractivity contribution in [3.05, 3.63) is 60.5 Å². The fourth-order valence-corrected chi connectivity index (χ4v) is 2.19. The van der Waals surface area contributed by atoms with Crippen molar-refractivity contribution in [1.82, 2.24) is 4.90 Å². The Morgan fingerprint density at radius 1 is 1.19 bits per heavy atom. The van der Waals surface area contributed by atoms with Crippen LogP contribution < -0.4 is 0 Å². The van der Waals surface area contributed by atoms with Crippen molar-refractivity contribution in [3.63, 3.8) is 0 Å². The van der Waals surface area contributed by atoms with Gasteiger partial charge in [0, 0.05) is 17.9 Å². The maximum absolute atomic E-state index is 3.77. The molecule has 0 aliphatic carbocycles. The summed E-state index contributed by atoms with van der Waals surface area (Å²) in [6.07, 6.45) is 18.4. The minimum Gasteiger partial charge on any atom is -0.342 e. The van der Waals surface area contributed by atoms with E-state index in [2.05, 4.69) is 76.5 Å². The molecule has 0 rings (SSSR count). The Kier molecular flexibility index (Phi) is 11.4. The van der Waals surface area contributed by atoms with E-state index in [9.17, 15) is 0 Å². The van der Waals surface area contributed by atoms with Gasteiger partial charge in [0.2, 0.25) is 0 Å². The maximum Gasteiger partial charge on any atom is 0.0408 e.